The first-order valence-corrected chi connectivity index (χ1v) is 36.8. The fourth-order valence-electron chi connectivity index (χ4n) is 15.9. The standard InChI is InChI=1S/4C15H12.C15H10.2C15H12.7Y/c1-2-11-7-5-8-13-10-12-6-3-4-9-14(12)15(11)13;1-2-11-7-5-9-14-13-8-4-3-6-12(13)10-15(11)14;3*1-2-11-7-8-15-13(9-11)10-12-5-3-4-6-14(12)15;2*1-2-11-7-8-13-10-12-5-3-4-6-14(12)15(13)9-11;;;;;;;/h3*3-6,8-9H,1-2,10H2;3-8H,1-2,10H2;1-8H,10H2;3-6,8-9H,1-2,10H2;3-8H,1-2,10H2;;;;;;;/q7*-2;;;;;;;. The maximum absolute atomic E-state index is 5.49. The van der Waals surface area contributed by atoms with Crippen molar-refractivity contribution in [1.82, 2.24) is 0 Å². The van der Waals surface area contributed by atoms with Gasteiger partial charge in [0.05, 0.1) is 0 Å². The molecule has 7 aliphatic rings. The number of rotatable bonds is 7. The molecule has 0 N–H and O–H groups in total. The summed E-state index contributed by atoms with van der Waals surface area (Å²) in [6.45, 7) is 29.0. The van der Waals surface area contributed by atoms with Gasteiger partial charge in [0, 0.05) is 229 Å². The van der Waals surface area contributed by atoms with Gasteiger partial charge in [-0.25, -0.2) is 12.1 Å². The van der Waals surface area contributed by atoms with Gasteiger partial charge >= 0.3 is 0 Å². The number of fused-ring (bicyclic) bond motifs is 21. The summed E-state index contributed by atoms with van der Waals surface area (Å²) >= 11 is 0. The second-order valence-electron chi connectivity index (χ2n) is 27.6. The molecule has 7 radical (unpaired) electrons. The van der Waals surface area contributed by atoms with E-state index in [4.69, 9.17) is 6.58 Å². The maximum atomic E-state index is 5.49. The molecule has 0 aromatic heterocycles. The Bertz CT molecular complexity index is 5340. The summed E-state index contributed by atoms with van der Waals surface area (Å²) in [4.78, 5) is 0. The van der Waals surface area contributed by atoms with Crippen molar-refractivity contribution in [2.45, 2.75) is 83.5 Å². The number of hydrogen-bond donors (Lipinski definition) is 0. The van der Waals surface area contributed by atoms with E-state index in [-0.39, 0.29) is 229 Å². The van der Waals surface area contributed by atoms with E-state index in [1.54, 1.807) is 6.08 Å². The van der Waals surface area contributed by atoms with Gasteiger partial charge in [0.25, 0.3) is 0 Å². The first-order valence-electron chi connectivity index (χ1n) is 36.8. The molecule has 0 bridgehead atoms. The molecular formula is C105H82Y7-14. The van der Waals surface area contributed by atoms with Crippen LogP contribution in [0.5, 0.6) is 0 Å². The zero-order chi connectivity index (χ0) is 71.8. The van der Waals surface area contributed by atoms with Crippen LogP contribution >= 0.6 is 0 Å². The maximum Gasteiger partial charge on any atom is 0 e. The van der Waals surface area contributed by atoms with Crippen molar-refractivity contribution in [3.63, 3.8) is 0 Å². The summed E-state index contributed by atoms with van der Waals surface area (Å²) in [5, 5.41) is 0. The molecule has 14 aromatic rings. The summed E-state index contributed by atoms with van der Waals surface area (Å²) in [5.41, 5.74) is 46.9. The predicted molar refractivity (Wildman–Crippen MR) is 438 cm³/mol. The quantitative estimate of drug-likeness (QED) is 0.140. The van der Waals surface area contributed by atoms with E-state index in [9.17, 15) is 0 Å². The van der Waals surface area contributed by atoms with E-state index in [0.29, 0.717) is 0 Å². The largest absolute Gasteiger partial charge is 0.344 e. The van der Waals surface area contributed by atoms with E-state index in [2.05, 4.69) is 321 Å². The molecule has 0 unspecified atom stereocenters. The van der Waals surface area contributed by atoms with E-state index in [1.807, 2.05) is 18.2 Å². The molecule has 0 spiro atoms. The predicted octanol–water partition coefficient (Wildman–Crippen LogP) is 24.1. The van der Waals surface area contributed by atoms with Crippen molar-refractivity contribution in [2.24, 2.45) is 0 Å². The van der Waals surface area contributed by atoms with Crippen LogP contribution in [0.4, 0.5) is 0 Å². The molecule has 112 heavy (non-hydrogen) atoms. The SMILES string of the molecule is [CH-]=Cc1[c-]c2c(cc1)-c1ccccc1C2.[CH2-]Cc1[c-]c2c(cc1)-c1ccccc1C2.[CH2-]Cc1[c-]c2c(cc1)Cc1ccccc1-2.[CH2-]Cc1[c-]cc2c(c1)-c1ccccc1C2.[CH2-]Cc1[c-]cc2c(c1)Cc1ccccc1-2.[CH2-]Cc1[c-]ccc2c1-c1ccccc1C2.[CH2-]Cc1[c-]ccc2c1Cc1ccccc1-2.[Y].[Y].[Y].[Y].[Y].[Y].[Y]. The van der Waals surface area contributed by atoms with Crippen LogP contribution in [0.1, 0.15) is 117 Å². The summed E-state index contributed by atoms with van der Waals surface area (Å²) in [7, 11) is 0. The minimum atomic E-state index is 0. The minimum Gasteiger partial charge on any atom is -0.344 e. The fourth-order valence-corrected chi connectivity index (χ4v) is 15.9. The Morgan fingerprint density at radius 3 is 1.25 bits per heavy atom. The van der Waals surface area contributed by atoms with Crippen molar-refractivity contribution in [3.05, 3.63) is 462 Å². The minimum absolute atomic E-state index is 0. The molecule has 7 heteroatoms. The van der Waals surface area contributed by atoms with Crippen LogP contribution in [-0.4, -0.2) is 0 Å². The van der Waals surface area contributed by atoms with Gasteiger partial charge in [-0.05, 0) is 72.8 Å². The Balaban J connectivity index is 0.000000162. The molecule has 0 atom stereocenters. The molecule has 0 saturated heterocycles. The zero-order valence-electron chi connectivity index (χ0n) is 63.9. The van der Waals surface area contributed by atoms with E-state index < -0.39 is 0 Å². The van der Waals surface area contributed by atoms with Crippen LogP contribution in [0, 0.1) is 90.6 Å². The second-order valence-corrected chi connectivity index (χ2v) is 27.6. The molecule has 0 nitrogen and oxygen atoms in total. The van der Waals surface area contributed by atoms with Crippen molar-refractivity contribution in [3.8, 4) is 77.9 Å². The summed E-state index contributed by atoms with van der Waals surface area (Å²) in [6.07, 6.45) is 13.8. The van der Waals surface area contributed by atoms with Gasteiger partial charge in [-0.15, -0.1) is 90.5 Å². The van der Waals surface area contributed by atoms with E-state index >= 15 is 0 Å². The molecular weight excluding hydrogens is 1880 g/mol. The zero-order valence-corrected chi connectivity index (χ0v) is 83.7. The first-order chi connectivity index (χ1) is 51.7. The number of hydrogen-bond acceptors (Lipinski definition) is 0. The van der Waals surface area contributed by atoms with E-state index in [0.717, 1.165) is 89.0 Å². The summed E-state index contributed by atoms with van der Waals surface area (Å²) in [5.74, 6) is 0. The van der Waals surface area contributed by atoms with Gasteiger partial charge < -0.3 is 59.8 Å². The van der Waals surface area contributed by atoms with Gasteiger partial charge in [0.15, 0.2) is 0 Å². The fraction of sp³-hybridized carbons (Fsp3) is 0.124. The van der Waals surface area contributed by atoms with Gasteiger partial charge in [-0.2, -0.15) is 169 Å². The molecule has 0 saturated carbocycles. The number of benzene rings is 14. The average molecular weight is 1970 g/mol. The Hall–Kier alpha value is -3.45. The normalized spacial score (nSPS) is 11.5. The second kappa shape index (κ2) is 45.1. The average Bonchev–Trinajstić information content (AvgIpc) is 1.57. The van der Waals surface area contributed by atoms with Crippen LogP contribution in [0.25, 0.3) is 84.0 Å². The monoisotopic (exact) mass is 1960 g/mol. The van der Waals surface area contributed by atoms with Crippen molar-refractivity contribution >= 4 is 6.08 Å². The Labute approximate surface area is 845 Å². The molecule has 0 heterocycles. The third-order valence-corrected chi connectivity index (χ3v) is 21.3. The molecule has 0 aliphatic heterocycles. The Kier molecular flexibility index (Phi) is 37.9. The van der Waals surface area contributed by atoms with Gasteiger partial charge in [-0.1, -0.05) is 225 Å². The third-order valence-electron chi connectivity index (χ3n) is 21.3. The molecule has 21 rings (SSSR count). The first kappa shape index (κ1) is 94.0. The Morgan fingerprint density at radius 2 is 0.679 bits per heavy atom. The molecule has 537 valence electrons. The van der Waals surface area contributed by atoms with Gasteiger partial charge in [0.1, 0.15) is 0 Å². The third kappa shape index (κ3) is 21.2. The molecule has 0 amide bonds. The van der Waals surface area contributed by atoms with Crippen molar-refractivity contribution in [1.29, 1.82) is 0 Å². The topological polar surface area (TPSA) is 0 Å². The van der Waals surface area contributed by atoms with Gasteiger partial charge in [-0.3, -0.25) is 0 Å². The van der Waals surface area contributed by atoms with Crippen LogP contribution in [0.15, 0.2) is 255 Å². The van der Waals surface area contributed by atoms with Crippen LogP contribution < -0.4 is 0 Å². The van der Waals surface area contributed by atoms with Crippen molar-refractivity contribution in [2.75, 3.05) is 0 Å². The summed E-state index contributed by atoms with van der Waals surface area (Å²) in [6, 6.07) is 114. The smallest absolute Gasteiger partial charge is 0 e. The van der Waals surface area contributed by atoms with E-state index in [1.165, 1.54) is 189 Å². The van der Waals surface area contributed by atoms with Gasteiger partial charge in [0.2, 0.25) is 0 Å². The van der Waals surface area contributed by atoms with Crippen LogP contribution in [-0.2, 0) is 312 Å². The molecule has 7 aliphatic carbocycles. The van der Waals surface area contributed by atoms with Crippen LogP contribution in [0.2, 0.25) is 0 Å². The molecule has 14 aromatic carbocycles. The van der Waals surface area contributed by atoms with Crippen molar-refractivity contribution < 1.29 is 229 Å². The summed E-state index contributed by atoms with van der Waals surface area (Å²) < 4.78 is 0. The Morgan fingerprint density at radius 1 is 0.268 bits per heavy atom. The molecule has 0 fully saturated rings. The van der Waals surface area contributed by atoms with Crippen LogP contribution in [0.3, 0.4) is 0 Å².